The lowest BCUT2D eigenvalue weighted by Crippen LogP contribution is -2.24. The number of Topliss-reactive ketones (excluding diaryl/α,β-unsaturated/α-hetero) is 1. The molecule has 0 bridgehead atoms. The van der Waals surface area contributed by atoms with Crippen molar-refractivity contribution in [1.29, 1.82) is 0 Å². The molecule has 2 aromatic rings. The number of halogens is 2. The van der Waals surface area contributed by atoms with E-state index in [1.54, 1.807) is 37.3 Å². The van der Waals surface area contributed by atoms with Crippen LogP contribution in [0.1, 0.15) is 17.3 Å². The van der Waals surface area contributed by atoms with Gasteiger partial charge in [-0.05, 0) is 37.3 Å². The van der Waals surface area contributed by atoms with E-state index in [0.29, 0.717) is 17.0 Å². The van der Waals surface area contributed by atoms with E-state index in [4.69, 9.17) is 10.5 Å². The molecule has 0 radical (unpaired) electrons. The Labute approximate surface area is 134 Å². The largest absolute Gasteiger partial charge is 0.482 e. The maximum atomic E-state index is 12.4. The highest BCUT2D eigenvalue weighted by Gasteiger charge is 2.19. The third-order valence-corrected chi connectivity index (χ3v) is 3.89. The standard InChI is InChI=1S/C15H13Br2NO2/c1-9(20-12-4-2-3-11(18)8-12)15(19)13-6-5-10(16)7-14(13)17/h2-9H,18H2,1H3. The summed E-state index contributed by atoms with van der Waals surface area (Å²) in [6.07, 6.45) is -0.589. The molecule has 3 nitrogen and oxygen atoms in total. The van der Waals surface area contributed by atoms with Gasteiger partial charge in [-0.15, -0.1) is 0 Å². The van der Waals surface area contributed by atoms with E-state index in [1.165, 1.54) is 0 Å². The zero-order valence-corrected chi connectivity index (χ0v) is 13.9. The van der Waals surface area contributed by atoms with Crippen molar-refractivity contribution in [1.82, 2.24) is 0 Å². The number of carbonyl (C=O) groups excluding carboxylic acids is 1. The number of rotatable bonds is 4. The van der Waals surface area contributed by atoms with Gasteiger partial charge in [0.1, 0.15) is 5.75 Å². The van der Waals surface area contributed by atoms with Crippen molar-refractivity contribution in [3.63, 3.8) is 0 Å². The van der Waals surface area contributed by atoms with Crippen LogP contribution in [0, 0.1) is 0 Å². The Balaban J connectivity index is 2.16. The van der Waals surface area contributed by atoms with E-state index in [-0.39, 0.29) is 5.78 Å². The first-order valence-corrected chi connectivity index (χ1v) is 7.57. The fourth-order valence-corrected chi connectivity index (χ4v) is 3.00. The summed E-state index contributed by atoms with van der Waals surface area (Å²) in [6.45, 7) is 1.72. The Hall–Kier alpha value is -1.33. The first-order chi connectivity index (χ1) is 9.47. The van der Waals surface area contributed by atoms with Crippen molar-refractivity contribution < 1.29 is 9.53 Å². The molecule has 5 heteroatoms. The molecule has 0 fully saturated rings. The number of benzene rings is 2. The summed E-state index contributed by atoms with van der Waals surface area (Å²) in [7, 11) is 0. The van der Waals surface area contributed by atoms with Crippen LogP contribution in [0.5, 0.6) is 5.75 Å². The molecule has 20 heavy (non-hydrogen) atoms. The van der Waals surface area contributed by atoms with Gasteiger partial charge in [0.25, 0.3) is 0 Å². The first kappa shape index (κ1) is 15.1. The van der Waals surface area contributed by atoms with Crippen LogP contribution in [0.25, 0.3) is 0 Å². The summed E-state index contributed by atoms with van der Waals surface area (Å²) in [4.78, 5) is 12.4. The second kappa shape index (κ2) is 6.41. The van der Waals surface area contributed by atoms with Crippen LogP contribution in [-0.2, 0) is 0 Å². The van der Waals surface area contributed by atoms with Gasteiger partial charge in [0.2, 0.25) is 5.78 Å². The van der Waals surface area contributed by atoms with Crippen molar-refractivity contribution in [2.75, 3.05) is 5.73 Å². The number of nitrogen functional groups attached to an aromatic ring is 1. The molecule has 0 aliphatic heterocycles. The fraction of sp³-hybridized carbons (Fsp3) is 0.133. The smallest absolute Gasteiger partial charge is 0.204 e. The maximum absolute atomic E-state index is 12.4. The maximum Gasteiger partial charge on any atom is 0.204 e. The highest BCUT2D eigenvalue weighted by molar-refractivity contribution is 9.11. The van der Waals surface area contributed by atoms with E-state index in [0.717, 1.165) is 8.95 Å². The number of carbonyl (C=O) groups is 1. The van der Waals surface area contributed by atoms with Gasteiger partial charge in [0, 0.05) is 26.3 Å². The Bertz CT molecular complexity index is 644. The van der Waals surface area contributed by atoms with Crippen LogP contribution in [0.4, 0.5) is 5.69 Å². The molecule has 0 aliphatic rings. The van der Waals surface area contributed by atoms with E-state index in [1.807, 2.05) is 12.1 Å². The van der Waals surface area contributed by atoms with Crippen LogP contribution >= 0.6 is 31.9 Å². The molecule has 0 heterocycles. The summed E-state index contributed by atoms with van der Waals surface area (Å²) in [6, 6.07) is 12.4. The third-order valence-electron chi connectivity index (χ3n) is 2.74. The summed E-state index contributed by atoms with van der Waals surface area (Å²) < 4.78 is 7.28. The number of hydrogen-bond acceptors (Lipinski definition) is 3. The molecule has 1 unspecified atom stereocenters. The number of ether oxygens (including phenoxy) is 1. The number of hydrogen-bond donors (Lipinski definition) is 1. The second-order valence-corrected chi connectivity index (χ2v) is 6.09. The van der Waals surface area contributed by atoms with Crippen molar-refractivity contribution >= 4 is 43.3 Å². The van der Waals surface area contributed by atoms with Crippen molar-refractivity contribution in [2.45, 2.75) is 13.0 Å². The lowest BCUT2D eigenvalue weighted by atomic mass is 10.1. The van der Waals surface area contributed by atoms with E-state index in [9.17, 15) is 4.79 Å². The minimum Gasteiger partial charge on any atom is -0.482 e. The van der Waals surface area contributed by atoms with E-state index in [2.05, 4.69) is 31.9 Å². The normalized spacial score (nSPS) is 11.9. The zero-order chi connectivity index (χ0) is 14.7. The van der Waals surface area contributed by atoms with Gasteiger partial charge >= 0.3 is 0 Å². The summed E-state index contributed by atoms with van der Waals surface area (Å²) >= 11 is 6.74. The topological polar surface area (TPSA) is 52.3 Å². The molecular formula is C15H13Br2NO2. The molecule has 2 N–H and O–H groups in total. The Morgan fingerprint density at radius 1 is 1.20 bits per heavy atom. The molecule has 1 atom stereocenters. The zero-order valence-electron chi connectivity index (χ0n) is 10.8. The predicted octanol–water partition coefficient (Wildman–Crippen LogP) is 4.44. The predicted molar refractivity (Wildman–Crippen MR) is 87.1 cm³/mol. The van der Waals surface area contributed by atoms with E-state index < -0.39 is 6.10 Å². The van der Waals surface area contributed by atoms with Crippen LogP contribution in [0.15, 0.2) is 51.4 Å². The van der Waals surface area contributed by atoms with Gasteiger partial charge in [-0.2, -0.15) is 0 Å². The summed E-state index contributed by atoms with van der Waals surface area (Å²) in [5.41, 5.74) is 6.88. The lowest BCUT2D eigenvalue weighted by Gasteiger charge is -2.15. The lowest BCUT2D eigenvalue weighted by molar-refractivity contribution is 0.0817. The third kappa shape index (κ3) is 3.61. The SMILES string of the molecule is CC(Oc1cccc(N)c1)C(=O)c1ccc(Br)cc1Br. The Morgan fingerprint density at radius 2 is 1.95 bits per heavy atom. The number of anilines is 1. The van der Waals surface area contributed by atoms with Gasteiger partial charge in [0.15, 0.2) is 6.10 Å². The minimum atomic E-state index is -0.589. The molecule has 0 aliphatic carbocycles. The first-order valence-electron chi connectivity index (χ1n) is 5.99. The van der Waals surface area contributed by atoms with Gasteiger partial charge < -0.3 is 10.5 Å². The molecule has 0 aromatic heterocycles. The average molecular weight is 399 g/mol. The van der Waals surface area contributed by atoms with Gasteiger partial charge in [0.05, 0.1) is 0 Å². The fourth-order valence-electron chi connectivity index (χ4n) is 1.75. The molecule has 0 saturated carbocycles. The highest BCUT2D eigenvalue weighted by atomic mass is 79.9. The van der Waals surface area contributed by atoms with Crippen molar-refractivity contribution in [3.8, 4) is 5.75 Å². The average Bonchev–Trinajstić information content (AvgIpc) is 2.38. The van der Waals surface area contributed by atoms with Crippen molar-refractivity contribution in [2.24, 2.45) is 0 Å². The molecular weight excluding hydrogens is 386 g/mol. The molecule has 2 rings (SSSR count). The molecule has 0 spiro atoms. The van der Waals surface area contributed by atoms with Crippen LogP contribution in [-0.4, -0.2) is 11.9 Å². The Morgan fingerprint density at radius 3 is 2.60 bits per heavy atom. The van der Waals surface area contributed by atoms with Crippen LogP contribution in [0.3, 0.4) is 0 Å². The monoisotopic (exact) mass is 397 g/mol. The number of nitrogens with two attached hydrogens (primary N) is 1. The second-order valence-electron chi connectivity index (χ2n) is 4.32. The van der Waals surface area contributed by atoms with Crippen LogP contribution < -0.4 is 10.5 Å². The summed E-state index contributed by atoms with van der Waals surface area (Å²) in [5.74, 6) is 0.492. The van der Waals surface area contributed by atoms with Crippen LogP contribution in [0.2, 0.25) is 0 Å². The van der Waals surface area contributed by atoms with Gasteiger partial charge in [-0.25, -0.2) is 0 Å². The van der Waals surface area contributed by atoms with Gasteiger partial charge in [-0.3, -0.25) is 4.79 Å². The highest BCUT2D eigenvalue weighted by Crippen LogP contribution is 2.24. The minimum absolute atomic E-state index is 0.0909. The van der Waals surface area contributed by atoms with Gasteiger partial charge in [-0.1, -0.05) is 37.9 Å². The van der Waals surface area contributed by atoms with Crippen molar-refractivity contribution in [3.05, 3.63) is 57.0 Å². The molecule has 0 amide bonds. The quantitative estimate of drug-likeness (QED) is 0.611. The molecule has 104 valence electrons. The number of ketones is 1. The molecule has 2 aromatic carbocycles. The van der Waals surface area contributed by atoms with E-state index >= 15 is 0 Å². The Kier molecular flexibility index (Phi) is 4.83. The summed E-state index contributed by atoms with van der Waals surface area (Å²) in [5, 5.41) is 0. The molecule has 0 saturated heterocycles.